The zero-order valence-corrected chi connectivity index (χ0v) is 18.6. The molecule has 1 aromatic heterocycles. The Morgan fingerprint density at radius 2 is 1.43 bits per heavy atom. The van der Waals surface area contributed by atoms with Crippen molar-refractivity contribution in [2.24, 2.45) is 11.5 Å². The highest BCUT2D eigenvalue weighted by Gasteiger charge is 2.30. The second-order valence-corrected chi connectivity index (χ2v) is 7.73. The van der Waals surface area contributed by atoms with Crippen LogP contribution in [0.2, 0.25) is 0 Å². The number of aliphatic hydroxyl groups excluding tert-OH is 2. The fourth-order valence-electron chi connectivity index (χ4n) is 3.24. The van der Waals surface area contributed by atoms with Gasteiger partial charge < -0.3 is 47.7 Å². The van der Waals surface area contributed by atoms with Gasteiger partial charge in [-0.05, 0) is 11.6 Å². The summed E-state index contributed by atoms with van der Waals surface area (Å²) in [5, 5.41) is 35.8. The molecule has 14 nitrogen and oxygen atoms in total. The number of aliphatic carboxylic acids is 1. The number of rotatable bonds is 13. The third-order valence-electron chi connectivity index (χ3n) is 5.10. The second-order valence-electron chi connectivity index (χ2n) is 7.73. The summed E-state index contributed by atoms with van der Waals surface area (Å²) in [5.74, 6) is -5.19. The van der Waals surface area contributed by atoms with Crippen molar-refractivity contribution in [1.29, 1.82) is 0 Å². The Morgan fingerprint density at radius 1 is 0.886 bits per heavy atom. The summed E-state index contributed by atoms with van der Waals surface area (Å²) >= 11 is 0. The summed E-state index contributed by atoms with van der Waals surface area (Å²) in [6.07, 6.45) is 1.04. The van der Waals surface area contributed by atoms with Crippen LogP contribution in [0.1, 0.15) is 12.0 Å². The number of carbonyl (C=O) groups excluding carboxylic acids is 4. The monoisotopic (exact) mass is 492 g/mol. The lowest BCUT2D eigenvalue weighted by atomic mass is 10.0. The van der Waals surface area contributed by atoms with Gasteiger partial charge in [-0.3, -0.25) is 19.2 Å². The van der Waals surface area contributed by atoms with Crippen LogP contribution in [0.3, 0.4) is 0 Å². The maximum Gasteiger partial charge on any atom is 0.326 e. The van der Waals surface area contributed by atoms with E-state index in [0.717, 1.165) is 10.9 Å². The van der Waals surface area contributed by atoms with Gasteiger partial charge in [-0.2, -0.15) is 0 Å². The van der Waals surface area contributed by atoms with Gasteiger partial charge in [0.15, 0.2) is 0 Å². The molecule has 0 bridgehead atoms. The van der Waals surface area contributed by atoms with Crippen molar-refractivity contribution < 1.29 is 39.3 Å². The molecule has 2 rings (SSSR count). The van der Waals surface area contributed by atoms with Crippen molar-refractivity contribution in [3.05, 3.63) is 36.0 Å². The minimum Gasteiger partial charge on any atom is -0.480 e. The van der Waals surface area contributed by atoms with Gasteiger partial charge in [0.25, 0.3) is 0 Å². The molecule has 4 unspecified atom stereocenters. The fourth-order valence-corrected chi connectivity index (χ4v) is 3.24. The number of para-hydroxylation sites is 1. The Morgan fingerprint density at radius 3 is 1.97 bits per heavy atom. The minimum absolute atomic E-state index is 0.0791. The lowest BCUT2D eigenvalue weighted by Crippen LogP contribution is -2.59. The summed E-state index contributed by atoms with van der Waals surface area (Å²) in [4.78, 5) is 62.6. The lowest BCUT2D eigenvalue weighted by molar-refractivity contribution is -0.142. The molecule has 0 aliphatic rings. The molecule has 0 spiro atoms. The van der Waals surface area contributed by atoms with E-state index in [1.165, 1.54) is 0 Å². The maximum atomic E-state index is 12.6. The second kappa shape index (κ2) is 12.5. The molecule has 0 radical (unpaired) electrons. The van der Waals surface area contributed by atoms with Crippen LogP contribution in [0, 0.1) is 0 Å². The van der Waals surface area contributed by atoms with E-state index in [9.17, 15) is 39.3 Å². The van der Waals surface area contributed by atoms with Gasteiger partial charge in [-0.15, -0.1) is 0 Å². The third kappa shape index (κ3) is 7.49. The van der Waals surface area contributed by atoms with Crippen LogP contribution in [0.5, 0.6) is 0 Å². The van der Waals surface area contributed by atoms with E-state index in [2.05, 4.69) is 20.9 Å². The molecule has 4 atom stereocenters. The van der Waals surface area contributed by atoms with Crippen LogP contribution in [-0.4, -0.2) is 87.3 Å². The third-order valence-corrected chi connectivity index (χ3v) is 5.10. The minimum atomic E-state index is -1.59. The van der Waals surface area contributed by atoms with Crippen LogP contribution < -0.4 is 27.4 Å². The van der Waals surface area contributed by atoms with Crippen molar-refractivity contribution in [2.45, 2.75) is 37.0 Å². The molecule has 1 heterocycles. The fraction of sp³-hybridized carbons (Fsp3) is 0.381. The number of H-pyrrole nitrogens is 1. The lowest BCUT2D eigenvalue weighted by Gasteiger charge is -2.23. The molecule has 14 heteroatoms. The summed E-state index contributed by atoms with van der Waals surface area (Å²) in [6, 6.07) is 1.28. The summed E-state index contributed by atoms with van der Waals surface area (Å²) in [5.41, 5.74) is 11.9. The number of benzene rings is 1. The molecular formula is C21H28N6O8. The molecule has 0 saturated carbocycles. The molecular weight excluding hydrogens is 464 g/mol. The van der Waals surface area contributed by atoms with Crippen molar-refractivity contribution in [3.63, 3.8) is 0 Å². The predicted molar refractivity (Wildman–Crippen MR) is 121 cm³/mol. The Hall–Kier alpha value is -4.01. The Labute approximate surface area is 199 Å². The molecule has 0 aliphatic carbocycles. The number of fused-ring (bicyclic) bond motifs is 1. The Kier molecular flexibility index (Phi) is 9.69. The van der Waals surface area contributed by atoms with Crippen molar-refractivity contribution in [2.75, 3.05) is 13.2 Å². The molecule has 2 aromatic rings. The molecule has 0 saturated heterocycles. The van der Waals surface area contributed by atoms with Crippen LogP contribution in [0.15, 0.2) is 30.5 Å². The van der Waals surface area contributed by atoms with Gasteiger partial charge >= 0.3 is 5.97 Å². The number of hydrogen-bond acceptors (Lipinski definition) is 8. The van der Waals surface area contributed by atoms with Crippen molar-refractivity contribution in [1.82, 2.24) is 20.9 Å². The SMILES string of the molecule is NC(=O)CC(N)C(=O)NC(CO)C(=O)NC(CO)C(=O)NC(Cc1c[nH]c2ccccc12)C(=O)O. The Balaban J connectivity index is 2.03. The van der Waals surface area contributed by atoms with Gasteiger partial charge in [-0.25, -0.2) is 4.79 Å². The molecule has 190 valence electrons. The standard InChI is InChI=1S/C21H28N6O8/c22-12(6-17(23)30)18(31)26-15(8-28)20(33)27-16(9-29)19(32)25-14(21(34)35)5-10-7-24-13-4-2-1-3-11(10)13/h1-4,7,12,14-16,24,28-29H,5-6,8-9,22H2,(H2,23,30)(H,25,32)(H,26,31)(H,27,33)(H,34,35). The largest absolute Gasteiger partial charge is 0.480 e. The first kappa shape index (κ1) is 27.2. The van der Waals surface area contributed by atoms with Crippen LogP contribution in [0.4, 0.5) is 0 Å². The average Bonchev–Trinajstić information content (AvgIpc) is 3.22. The van der Waals surface area contributed by atoms with E-state index < -0.39 is 73.4 Å². The molecule has 4 amide bonds. The highest BCUT2D eigenvalue weighted by Crippen LogP contribution is 2.19. The summed E-state index contributed by atoms with van der Waals surface area (Å²) in [7, 11) is 0. The predicted octanol–water partition coefficient (Wildman–Crippen LogP) is -3.56. The van der Waals surface area contributed by atoms with Gasteiger partial charge in [0, 0.05) is 23.5 Å². The molecule has 0 fully saturated rings. The number of nitrogens with two attached hydrogens (primary N) is 2. The highest BCUT2D eigenvalue weighted by molar-refractivity contribution is 5.95. The molecule has 1 aromatic carbocycles. The number of aromatic amines is 1. The number of carbonyl (C=O) groups is 5. The number of hydrogen-bond donors (Lipinski definition) is 9. The number of carboxylic acids is 1. The number of carboxylic acid groups (broad SMARTS) is 1. The van der Waals surface area contributed by atoms with E-state index in [-0.39, 0.29) is 6.42 Å². The van der Waals surface area contributed by atoms with Gasteiger partial charge in [-0.1, -0.05) is 18.2 Å². The zero-order valence-electron chi connectivity index (χ0n) is 18.6. The highest BCUT2D eigenvalue weighted by atomic mass is 16.4. The van der Waals surface area contributed by atoms with Crippen LogP contribution in [-0.2, 0) is 30.4 Å². The van der Waals surface area contributed by atoms with Crippen molar-refractivity contribution in [3.8, 4) is 0 Å². The quantitative estimate of drug-likeness (QED) is 0.134. The first-order chi connectivity index (χ1) is 16.6. The van der Waals surface area contributed by atoms with E-state index in [1.807, 2.05) is 6.07 Å². The first-order valence-electron chi connectivity index (χ1n) is 10.5. The number of aromatic nitrogens is 1. The van der Waals surface area contributed by atoms with E-state index in [1.54, 1.807) is 24.4 Å². The van der Waals surface area contributed by atoms with Crippen LogP contribution >= 0.6 is 0 Å². The molecule has 0 aliphatic heterocycles. The average molecular weight is 492 g/mol. The number of amides is 4. The topological polar surface area (TPSA) is 250 Å². The van der Waals surface area contributed by atoms with E-state index in [4.69, 9.17) is 11.5 Å². The van der Waals surface area contributed by atoms with Gasteiger partial charge in [0.05, 0.1) is 25.7 Å². The zero-order chi connectivity index (χ0) is 26.1. The van der Waals surface area contributed by atoms with E-state index in [0.29, 0.717) is 5.56 Å². The smallest absolute Gasteiger partial charge is 0.326 e. The van der Waals surface area contributed by atoms with Gasteiger partial charge in [0.1, 0.15) is 18.1 Å². The molecule has 11 N–H and O–H groups in total. The number of nitrogens with one attached hydrogen (secondary N) is 4. The van der Waals surface area contributed by atoms with Crippen molar-refractivity contribution >= 4 is 40.5 Å². The van der Waals surface area contributed by atoms with E-state index >= 15 is 0 Å². The van der Waals surface area contributed by atoms with Crippen LogP contribution in [0.25, 0.3) is 10.9 Å². The summed E-state index contributed by atoms with van der Waals surface area (Å²) < 4.78 is 0. The normalized spacial score (nSPS) is 14.4. The number of aliphatic hydroxyl groups is 2. The maximum absolute atomic E-state index is 12.6. The van der Waals surface area contributed by atoms with Gasteiger partial charge in [0.2, 0.25) is 23.6 Å². The number of primary amides is 1. The summed E-state index contributed by atoms with van der Waals surface area (Å²) in [6.45, 7) is -1.79. The molecule has 35 heavy (non-hydrogen) atoms. The Bertz CT molecular complexity index is 1090. The first-order valence-corrected chi connectivity index (χ1v) is 10.5.